The van der Waals surface area contributed by atoms with Gasteiger partial charge in [0.2, 0.25) is 0 Å². The summed E-state index contributed by atoms with van der Waals surface area (Å²) in [6.07, 6.45) is 2.28. The van der Waals surface area contributed by atoms with Gasteiger partial charge in [-0.05, 0) is 31.2 Å². The summed E-state index contributed by atoms with van der Waals surface area (Å²) in [5.74, 6) is 0. The Kier molecular flexibility index (Phi) is 3.63. The van der Waals surface area contributed by atoms with Gasteiger partial charge in [0.1, 0.15) is 0 Å². The van der Waals surface area contributed by atoms with Crippen LogP contribution >= 0.6 is 0 Å². The first-order valence-electron chi connectivity index (χ1n) is 4.43. The molecule has 0 aliphatic rings. The molecule has 0 saturated carbocycles. The summed E-state index contributed by atoms with van der Waals surface area (Å²) in [6.45, 7) is 3.12. The van der Waals surface area contributed by atoms with Crippen LogP contribution in [0.4, 0.5) is 0 Å². The van der Waals surface area contributed by atoms with E-state index in [1.807, 2.05) is 13.1 Å². The SMILES string of the molecule is CCCc1c#cccc1CNC. The van der Waals surface area contributed by atoms with Gasteiger partial charge >= 0.3 is 0 Å². The first-order chi connectivity index (χ1) is 5.88. The van der Waals surface area contributed by atoms with E-state index in [2.05, 4.69) is 30.4 Å². The van der Waals surface area contributed by atoms with Crippen LogP contribution in [0.3, 0.4) is 0 Å². The molecule has 12 heavy (non-hydrogen) atoms. The van der Waals surface area contributed by atoms with Crippen LogP contribution in [0, 0.1) is 12.1 Å². The fourth-order valence-corrected chi connectivity index (χ4v) is 1.28. The molecule has 0 spiro atoms. The molecule has 1 heteroatoms. The lowest BCUT2D eigenvalue weighted by Gasteiger charge is -2.03. The molecule has 0 atom stereocenters. The highest BCUT2D eigenvalue weighted by atomic mass is 14.8. The molecular weight excluding hydrogens is 146 g/mol. The molecule has 0 fully saturated rings. The van der Waals surface area contributed by atoms with Crippen LogP contribution in [0.25, 0.3) is 0 Å². The van der Waals surface area contributed by atoms with Gasteiger partial charge in [-0.2, -0.15) is 0 Å². The van der Waals surface area contributed by atoms with Gasteiger partial charge in [0.25, 0.3) is 0 Å². The van der Waals surface area contributed by atoms with Gasteiger partial charge in [0.15, 0.2) is 0 Å². The molecule has 0 aromatic heterocycles. The summed E-state index contributed by atoms with van der Waals surface area (Å²) in [7, 11) is 1.96. The van der Waals surface area contributed by atoms with Gasteiger partial charge in [-0.1, -0.05) is 25.5 Å². The Labute approximate surface area is 74.8 Å². The third kappa shape index (κ3) is 2.25. The molecule has 0 radical (unpaired) electrons. The van der Waals surface area contributed by atoms with E-state index in [1.165, 1.54) is 17.5 Å². The van der Waals surface area contributed by atoms with Crippen molar-refractivity contribution in [2.24, 2.45) is 0 Å². The smallest absolute Gasteiger partial charge is 0.0211 e. The normalized spacial score (nSPS) is 9.50. The number of nitrogens with one attached hydrogen (secondary N) is 1. The Morgan fingerprint density at radius 2 is 2.33 bits per heavy atom. The summed E-state index contributed by atoms with van der Waals surface area (Å²) in [6, 6.07) is 10.2. The van der Waals surface area contributed by atoms with Gasteiger partial charge in [0.05, 0.1) is 0 Å². The van der Waals surface area contributed by atoms with E-state index in [-0.39, 0.29) is 0 Å². The van der Waals surface area contributed by atoms with E-state index >= 15 is 0 Å². The minimum Gasteiger partial charge on any atom is -0.316 e. The third-order valence-electron chi connectivity index (χ3n) is 1.85. The molecule has 0 bridgehead atoms. The molecule has 64 valence electrons. The predicted octanol–water partition coefficient (Wildman–Crippen LogP) is 1.96. The second-order valence-electron chi connectivity index (χ2n) is 2.89. The Morgan fingerprint density at radius 1 is 1.50 bits per heavy atom. The van der Waals surface area contributed by atoms with Crippen LogP contribution in [-0.2, 0) is 13.0 Å². The van der Waals surface area contributed by atoms with Gasteiger partial charge < -0.3 is 5.32 Å². The number of hydrogen-bond donors (Lipinski definition) is 1. The summed E-state index contributed by atoms with van der Waals surface area (Å²) in [5.41, 5.74) is 2.65. The molecule has 0 aliphatic carbocycles. The molecule has 1 N–H and O–H groups in total. The molecule has 0 saturated heterocycles. The lowest BCUT2D eigenvalue weighted by Crippen LogP contribution is -2.07. The predicted molar refractivity (Wildman–Crippen MR) is 50.9 cm³/mol. The van der Waals surface area contributed by atoms with E-state index in [0.29, 0.717) is 0 Å². The van der Waals surface area contributed by atoms with E-state index in [1.54, 1.807) is 0 Å². The van der Waals surface area contributed by atoms with Gasteiger partial charge in [-0.3, -0.25) is 0 Å². The van der Waals surface area contributed by atoms with Crippen LogP contribution in [0.1, 0.15) is 24.5 Å². The Morgan fingerprint density at radius 3 is 3.00 bits per heavy atom. The fourth-order valence-electron chi connectivity index (χ4n) is 1.28. The van der Waals surface area contributed by atoms with Crippen LogP contribution in [-0.4, -0.2) is 7.05 Å². The summed E-state index contributed by atoms with van der Waals surface area (Å²) >= 11 is 0. The maximum Gasteiger partial charge on any atom is 0.0211 e. The van der Waals surface area contributed by atoms with Crippen LogP contribution in [0.15, 0.2) is 12.1 Å². The monoisotopic (exact) mass is 161 g/mol. The van der Waals surface area contributed by atoms with E-state index < -0.39 is 0 Å². The Hall–Kier alpha value is -1.00. The maximum absolute atomic E-state index is 3.16. The molecular formula is C11H15N. The van der Waals surface area contributed by atoms with Crippen LogP contribution < -0.4 is 5.32 Å². The van der Waals surface area contributed by atoms with Gasteiger partial charge in [-0.25, -0.2) is 0 Å². The topological polar surface area (TPSA) is 12.0 Å². The molecule has 0 unspecified atom stereocenters. The lowest BCUT2D eigenvalue weighted by molar-refractivity contribution is 0.795. The fraction of sp³-hybridized carbons (Fsp3) is 0.455. The highest BCUT2D eigenvalue weighted by Crippen LogP contribution is 2.06. The van der Waals surface area contributed by atoms with Crippen molar-refractivity contribution in [3.05, 3.63) is 35.4 Å². The van der Waals surface area contributed by atoms with Crippen molar-refractivity contribution in [2.45, 2.75) is 26.3 Å². The zero-order valence-corrected chi connectivity index (χ0v) is 7.78. The zero-order valence-electron chi connectivity index (χ0n) is 7.78. The molecule has 0 amide bonds. The standard InChI is InChI=1S/C11H15N/c1-3-6-10-7-4-5-8-11(10)9-12-2/h5,8,12H,3,6,9H2,1-2H3. The van der Waals surface area contributed by atoms with Crippen molar-refractivity contribution in [1.82, 2.24) is 5.32 Å². The molecule has 1 aromatic rings. The molecule has 1 aromatic carbocycles. The highest BCUT2D eigenvalue weighted by molar-refractivity contribution is 5.22. The summed E-state index contributed by atoms with van der Waals surface area (Å²) in [5, 5.41) is 3.15. The first-order valence-corrected chi connectivity index (χ1v) is 4.43. The Bertz CT molecular complexity index is 205. The minimum absolute atomic E-state index is 0.931. The summed E-state index contributed by atoms with van der Waals surface area (Å²) in [4.78, 5) is 0. The van der Waals surface area contributed by atoms with E-state index in [9.17, 15) is 0 Å². The zero-order chi connectivity index (χ0) is 8.81. The van der Waals surface area contributed by atoms with Crippen molar-refractivity contribution < 1.29 is 0 Å². The maximum atomic E-state index is 3.16. The van der Waals surface area contributed by atoms with Gasteiger partial charge in [-0.15, -0.1) is 0 Å². The quantitative estimate of drug-likeness (QED) is 0.711. The van der Waals surface area contributed by atoms with E-state index in [4.69, 9.17) is 0 Å². The molecule has 1 nitrogen and oxygen atoms in total. The van der Waals surface area contributed by atoms with Crippen molar-refractivity contribution in [3.63, 3.8) is 0 Å². The van der Waals surface area contributed by atoms with Crippen molar-refractivity contribution in [3.8, 4) is 0 Å². The van der Waals surface area contributed by atoms with E-state index in [0.717, 1.165) is 13.0 Å². The minimum atomic E-state index is 0.931. The first kappa shape index (κ1) is 9.09. The lowest BCUT2D eigenvalue weighted by atomic mass is 10.1. The second kappa shape index (κ2) is 4.79. The average Bonchev–Trinajstić information content (AvgIpc) is 2.09. The largest absolute Gasteiger partial charge is 0.316 e. The molecule has 0 aliphatic heterocycles. The third-order valence-corrected chi connectivity index (χ3v) is 1.85. The van der Waals surface area contributed by atoms with Crippen LogP contribution in [0.5, 0.6) is 0 Å². The van der Waals surface area contributed by atoms with Crippen molar-refractivity contribution in [2.75, 3.05) is 7.05 Å². The number of rotatable bonds is 4. The highest BCUT2D eigenvalue weighted by Gasteiger charge is 1.97. The Balaban J connectivity index is 2.77. The van der Waals surface area contributed by atoms with Crippen molar-refractivity contribution in [1.29, 1.82) is 0 Å². The van der Waals surface area contributed by atoms with Crippen molar-refractivity contribution >= 4 is 0 Å². The van der Waals surface area contributed by atoms with Crippen LogP contribution in [0.2, 0.25) is 0 Å². The average molecular weight is 161 g/mol. The molecule has 1 rings (SSSR count). The summed E-state index contributed by atoms with van der Waals surface area (Å²) < 4.78 is 0. The number of hydrogen-bond acceptors (Lipinski definition) is 1. The van der Waals surface area contributed by atoms with Gasteiger partial charge in [0, 0.05) is 12.1 Å². The second-order valence-corrected chi connectivity index (χ2v) is 2.89. The molecule has 0 heterocycles.